The maximum atomic E-state index is 11.9. The fraction of sp³-hybridized carbons (Fsp3) is 0.273. The highest BCUT2D eigenvalue weighted by Gasteiger charge is 2.18. The number of aryl methyl sites for hydroxylation is 2. The first-order chi connectivity index (χ1) is 14.5. The van der Waals surface area contributed by atoms with Crippen LogP contribution in [0.15, 0.2) is 48.5 Å². The van der Waals surface area contributed by atoms with Crippen LogP contribution in [0.5, 0.6) is 0 Å². The molecule has 2 amide bonds. The van der Waals surface area contributed by atoms with Crippen LogP contribution < -0.4 is 10.6 Å². The molecule has 2 aromatic carbocycles. The third kappa shape index (κ3) is 6.44. The van der Waals surface area contributed by atoms with Crippen molar-refractivity contribution in [3.63, 3.8) is 0 Å². The number of carbonyl (C=O) groups is 4. The lowest BCUT2D eigenvalue weighted by atomic mass is 10.0. The second-order valence-corrected chi connectivity index (χ2v) is 6.16. The maximum absolute atomic E-state index is 11.9. The molecular formula is C22H24N2O6. The summed E-state index contributed by atoms with van der Waals surface area (Å²) in [5.74, 6) is -3.57. The Morgan fingerprint density at radius 2 is 1.03 bits per heavy atom. The lowest BCUT2D eigenvalue weighted by molar-refractivity contribution is -0.152. The Hall–Kier alpha value is -3.68. The van der Waals surface area contributed by atoms with Gasteiger partial charge in [0, 0.05) is 11.4 Å². The first-order valence-electron chi connectivity index (χ1n) is 9.58. The number of hydrogen-bond donors (Lipinski definition) is 2. The zero-order valence-electron chi connectivity index (χ0n) is 16.9. The number of esters is 2. The van der Waals surface area contributed by atoms with E-state index < -0.39 is 23.8 Å². The molecule has 0 saturated carbocycles. The van der Waals surface area contributed by atoms with E-state index in [1.807, 2.05) is 24.3 Å². The van der Waals surface area contributed by atoms with Crippen LogP contribution >= 0.6 is 0 Å². The van der Waals surface area contributed by atoms with Crippen LogP contribution in [0.4, 0.5) is 11.4 Å². The number of hydrogen-bond acceptors (Lipinski definition) is 6. The number of benzene rings is 2. The zero-order chi connectivity index (χ0) is 21.9. The summed E-state index contributed by atoms with van der Waals surface area (Å²) in [7, 11) is 0. The molecule has 0 atom stereocenters. The van der Waals surface area contributed by atoms with E-state index >= 15 is 0 Å². The molecule has 0 radical (unpaired) electrons. The van der Waals surface area contributed by atoms with Crippen molar-refractivity contribution in [2.24, 2.45) is 0 Å². The first kappa shape index (κ1) is 22.6. The van der Waals surface area contributed by atoms with Crippen molar-refractivity contribution in [3.8, 4) is 0 Å². The summed E-state index contributed by atoms with van der Waals surface area (Å²) in [6.45, 7) is 3.47. The second kappa shape index (κ2) is 11.4. The van der Waals surface area contributed by atoms with Gasteiger partial charge < -0.3 is 20.1 Å². The fourth-order valence-corrected chi connectivity index (χ4v) is 2.73. The molecule has 2 N–H and O–H groups in total. The molecule has 8 heteroatoms. The molecule has 30 heavy (non-hydrogen) atoms. The highest BCUT2D eigenvalue weighted by Crippen LogP contribution is 2.21. The number of anilines is 2. The molecule has 0 aliphatic heterocycles. The molecule has 0 heterocycles. The van der Waals surface area contributed by atoms with Crippen molar-refractivity contribution in [2.45, 2.75) is 26.7 Å². The predicted molar refractivity (Wildman–Crippen MR) is 111 cm³/mol. The van der Waals surface area contributed by atoms with Crippen molar-refractivity contribution >= 4 is 35.1 Å². The minimum atomic E-state index is -0.945. The van der Waals surface area contributed by atoms with Gasteiger partial charge >= 0.3 is 23.8 Å². The Labute approximate surface area is 174 Å². The average molecular weight is 412 g/mol. The van der Waals surface area contributed by atoms with Crippen LogP contribution in [0.25, 0.3) is 0 Å². The Morgan fingerprint density at radius 3 is 1.40 bits per heavy atom. The lowest BCUT2D eigenvalue weighted by Crippen LogP contribution is -2.26. The molecule has 0 bridgehead atoms. The normalized spacial score (nSPS) is 10.1. The van der Waals surface area contributed by atoms with Gasteiger partial charge in [0.05, 0.1) is 13.2 Å². The third-order valence-electron chi connectivity index (χ3n) is 4.12. The monoisotopic (exact) mass is 412 g/mol. The second-order valence-electron chi connectivity index (χ2n) is 6.16. The molecule has 0 unspecified atom stereocenters. The van der Waals surface area contributed by atoms with Crippen molar-refractivity contribution in [2.75, 3.05) is 23.8 Å². The van der Waals surface area contributed by atoms with Crippen LogP contribution in [0.3, 0.4) is 0 Å². The fourth-order valence-electron chi connectivity index (χ4n) is 2.73. The molecule has 0 fully saturated rings. The lowest BCUT2D eigenvalue weighted by Gasteiger charge is -2.13. The zero-order valence-corrected chi connectivity index (χ0v) is 16.9. The highest BCUT2D eigenvalue weighted by molar-refractivity contribution is 6.37. The summed E-state index contributed by atoms with van der Waals surface area (Å²) >= 11 is 0. The SMILES string of the molecule is CCOC(=O)C(=O)Nc1ccccc1CCc1ccccc1NC(=O)C(=O)OCC. The summed E-state index contributed by atoms with van der Waals surface area (Å²) < 4.78 is 9.41. The van der Waals surface area contributed by atoms with Crippen molar-refractivity contribution in [3.05, 3.63) is 59.7 Å². The summed E-state index contributed by atoms with van der Waals surface area (Å²) in [4.78, 5) is 47.0. The topological polar surface area (TPSA) is 111 Å². The van der Waals surface area contributed by atoms with E-state index in [1.165, 1.54) is 0 Å². The van der Waals surface area contributed by atoms with Crippen LogP contribution in [0.1, 0.15) is 25.0 Å². The highest BCUT2D eigenvalue weighted by atomic mass is 16.5. The number of amides is 2. The third-order valence-corrected chi connectivity index (χ3v) is 4.12. The van der Waals surface area contributed by atoms with Gasteiger partial charge in [-0.15, -0.1) is 0 Å². The minimum Gasteiger partial charge on any atom is -0.459 e. The molecule has 8 nitrogen and oxygen atoms in total. The summed E-state index contributed by atoms with van der Waals surface area (Å²) in [6, 6.07) is 14.2. The molecule has 0 aromatic heterocycles. The van der Waals surface area contributed by atoms with E-state index in [0.717, 1.165) is 11.1 Å². The van der Waals surface area contributed by atoms with Gasteiger partial charge in [0.1, 0.15) is 0 Å². The van der Waals surface area contributed by atoms with Crippen LogP contribution in [0, 0.1) is 0 Å². The van der Waals surface area contributed by atoms with E-state index in [4.69, 9.17) is 9.47 Å². The van der Waals surface area contributed by atoms with Gasteiger partial charge in [-0.2, -0.15) is 0 Å². The number of nitrogens with one attached hydrogen (secondary N) is 2. The van der Waals surface area contributed by atoms with Gasteiger partial charge in [0.2, 0.25) is 0 Å². The molecule has 2 rings (SSSR count). The molecule has 0 aliphatic carbocycles. The van der Waals surface area contributed by atoms with Crippen molar-refractivity contribution < 1.29 is 28.7 Å². The molecular weight excluding hydrogens is 388 g/mol. The van der Waals surface area contributed by atoms with Gasteiger partial charge in [-0.3, -0.25) is 9.59 Å². The minimum absolute atomic E-state index is 0.113. The Bertz CT molecular complexity index is 850. The first-order valence-corrected chi connectivity index (χ1v) is 9.58. The number of para-hydroxylation sites is 2. The van der Waals surface area contributed by atoms with Crippen LogP contribution in [0.2, 0.25) is 0 Å². The summed E-state index contributed by atoms with van der Waals surface area (Å²) in [6.07, 6.45) is 1.04. The van der Waals surface area contributed by atoms with Gasteiger partial charge in [0.15, 0.2) is 0 Å². The van der Waals surface area contributed by atoms with Gasteiger partial charge in [0.25, 0.3) is 0 Å². The molecule has 0 aliphatic rings. The standard InChI is InChI=1S/C22H24N2O6/c1-3-29-21(27)19(25)23-17-11-7-5-9-15(17)13-14-16-10-6-8-12-18(16)24-20(26)22(28)30-4-2/h5-12H,3-4,13-14H2,1-2H3,(H,23,25)(H,24,26). The number of carbonyl (C=O) groups excluding carboxylic acids is 4. The predicted octanol–water partition coefficient (Wildman–Crippen LogP) is 2.48. The Kier molecular flexibility index (Phi) is 8.56. The summed E-state index contributed by atoms with van der Waals surface area (Å²) in [5.41, 5.74) is 2.62. The molecule has 2 aromatic rings. The Balaban J connectivity index is 2.10. The molecule has 0 saturated heterocycles. The number of rotatable bonds is 7. The van der Waals surface area contributed by atoms with E-state index in [1.54, 1.807) is 38.1 Å². The van der Waals surface area contributed by atoms with Crippen LogP contribution in [-0.2, 0) is 41.5 Å². The van der Waals surface area contributed by atoms with Crippen LogP contribution in [-0.4, -0.2) is 37.0 Å². The molecule has 0 spiro atoms. The van der Waals surface area contributed by atoms with Gasteiger partial charge in [-0.1, -0.05) is 36.4 Å². The van der Waals surface area contributed by atoms with E-state index in [9.17, 15) is 19.2 Å². The largest absolute Gasteiger partial charge is 0.459 e. The summed E-state index contributed by atoms with van der Waals surface area (Å²) in [5, 5.41) is 5.13. The van der Waals surface area contributed by atoms with Crippen molar-refractivity contribution in [1.82, 2.24) is 0 Å². The van der Waals surface area contributed by atoms with Crippen molar-refractivity contribution in [1.29, 1.82) is 0 Å². The van der Waals surface area contributed by atoms with E-state index in [2.05, 4.69) is 10.6 Å². The quantitative estimate of drug-likeness (QED) is 0.534. The van der Waals surface area contributed by atoms with E-state index in [0.29, 0.717) is 24.2 Å². The molecule has 158 valence electrons. The van der Waals surface area contributed by atoms with E-state index in [-0.39, 0.29) is 13.2 Å². The smallest absolute Gasteiger partial charge is 0.397 e. The average Bonchev–Trinajstić information content (AvgIpc) is 2.74. The van der Waals surface area contributed by atoms with Gasteiger partial charge in [-0.05, 0) is 49.9 Å². The Morgan fingerprint density at radius 1 is 0.667 bits per heavy atom. The van der Waals surface area contributed by atoms with Gasteiger partial charge in [-0.25, -0.2) is 9.59 Å². The number of ether oxygens (including phenoxy) is 2. The maximum Gasteiger partial charge on any atom is 0.397 e.